The fraction of sp³-hybridized carbons (Fsp3) is 0.250. The first-order valence-electron chi connectivity index (χ1n) is 6.66. The van der Waals surface area contributed by atoms with E-state index < -0.39 is 5.91 Å². The van der Waals surface area contributed by atoms with Crippen molar-refractivity contribution in [2.75, 3.05) is 0 Å². The van der Waals surface area contributed by atoms with E-state index in [1.165, 1.54) is 15.8 Å². The molecule has 0 spiro atoms. The van der Waals surface area contributed by atoms with Gasteiger partial charge in [-0.05, 0) is 50.6 Å². The topological polar surface area (TPSA) is 72.2 Å². The molecule has 0 radical (unpaired) electrons. The maximum Gasteiger partial charge on any atom is 0.251 e. The molecule has 1 aromatic carbocycles. The second kappa shape index (κ2) is 6.10. The van der Waals surface area contributed by atoms with Crippen molar-refractivity contribution >= 4 is 23.2 Å². The maximum absolute atomic E-state index is 12.3. The number of carbonyl (C=O) groups is 2. The molecule has 0 aliphatic rings. The highest BCUT2D eigenvalue weighted by Gasteiger charge is 2.15. The van der Waals surface area contributed by atoms with Crippen LogP contribution in [0.25, 0.3) is 0 Å². The van der Waals surface area contributed by atoms with E-state index in [-0.39, 0.29) is 11.9 Å². The van der Waals surface area contributed by atoms with Gasteiger partial charge in [-0.1, -0.05) is 6.07 Å². The number of hydrogen-bond acceptors (Lipinski definition) is 3. The molecule has 1 unspecified atom stereocenters. The number of nitrogens with two attached hydrogens (primary N) is 1. The number of aryl methyl sites for hydroxylation is 2. The Balaban J connectivity index is 2.16. The molecule has 3 N–H and O–H groups in total. The van der Waals surface area contributed by atoms with Gasteiger partial charge in [-0.15, -0.1) is 11.3 Å². The lowest BCUT2D eigenvalue weighted by molar-refractivity contribution is 0.0940. The van der Waals surface area contributed by atoms with Gasteiger partial charge in [-0.2, -0.15) is 0 Å². The number of primary amides is 1. The molecule has 1 aromatic heterocycles. The molecule has 110 valence electrons. The van der Waals surface area contributed by atoms with E-state index in [2.05, 4.69) is 11.4 Å². The molecule has 1 atom stereocenters. The molecule has 2 rings (SSSR count). The number of rotatable bonds is 4. The van der Waals surface area contributed by atoms with Crippen LogP contribution in [0.5, 0.6) is 0 Å². The fourth-order valence-electron chi connectivity index (χ4n) is 2.25. The summed E-state index contributed by atoms with van der Waals surface area (Å²) >= 11 is 1.71. The third-order valence-electron chi connectivity index (χ3n) is 3.30. The van der Waals surface area contributed by atoms with Gasteiger partial charge in [0.2, 0.25) is 5.91 Å². The monoisotopic (exact) mass is 302 g/mol. The Morgan fingerprint density at radius 2 is 1.86 bits per heavy atom. The summed E-state index contributed by atoms with van der Waals surface area (Å²) < 4.78 is 0. The molecule has 2 aromatic rings. The molecule has 2 amide bonds. The summed E-state index contributed by atoms with van der Waals surface area (Å²) in [4.78, 5) is 25.8. The quantitative estimate of drug-likeness (QED) is 0.911. The summed E-state index contributed by atoms with van der Waals surface area (Å²) in [6.45, 7) is 6.04. The molecule has 4 nitrogen and oxygen atoms in total. The van der Waals surface area contributed by atoms with Crippen molar-refractivity contribution < 1.29 is 9.59 Å². The van der Waals surface area contributed by atoms with E-state index in [0.717, 1.165) is 5.56 Å². The van der Waals surface area contributed by atoms with E-state index >= 15 is 0 Å². The van der Waals surface area contributed by atoms with Crippen LogP contribution in [-0.2, 0) is 0 Å². The van der Waals surface area contributed by atoms with Gasteiger partial charge in [-0.3, -0.25) is 9.59 Å². The zero-order valence-electron chi connectivity index (χ0n) is 12.3. The third-order valence-corrected chi connectivity index (χ3v) is 4.28. The summed E-state index contributed by atoms with van der Waals surface area (Å²) in [6.07, 6.45) is 0. The molecule has 1 heterocycles. The lowest BCUT2D eigenvalue weighted by Gasteiger charge is -2.14. The Morgan fingerprint density at radius 3 is 2.43 bits per heavy atom. The number of benzene rings is 1. The Morgan fingerprint density at radius 1 is 1.19 bits per heavy atom. The predicted octanol–water partition coefficient (Wildman–Crippen LogP) is 2.95. The predicted molar refractivity (Wildman–Crippen MR) is 84.6 cm³/mol. The Hall–Kier alpha value is -2.14. The SMILES string of the molecule is Cc1cc(C(C)NC(=O)c2cccc(C(N)=O)c2)c(C)s1. The Bertz CT molecular complexity index is 691. The van der Waals surface area contributed by atoms with Crippen molar-refractivity contribution in [2.45, 2.75) is 26.8 Å². The average molecular weight is 302 g/mol. The Kier molecular flexibility index (Phi) is 4.43. The van der Waals surface area contributed by atoms with Crippen LogP contribution < -0.4 is 11.1 Å². The van der Waals surface area contributed by atoms with Crippen molar-refractivity contribution in [2.24, 2.45) is 5.73 Å². The molecule has 0 bridgehead atoms. The van der Waals surface area contributed by atoms with Gasteiger partial charge in [0, 0.05) is 20.9 Å². The van der Waals surface area contributed by atoms with E-state index in [4.69, 9.17) is 5.73 Å². The third kappa shape index (κ3) is 3.49. The van der Waals surface area contributed by atoms with Gasteiger partial charge in [0.25, 0.3) is 5.91 Å². The van der Waals surface area contributed by atoms with E-state index in [9.17, 15) is 9.59 Å². The summed E-state index contributed by atoms with van der Waals surface area (Å²) in [7, 11) is 0. The van der Waals surface area contributed by atoms with E-state index in [1.807, 2.05) is 20.8 Å². The van der Waals surface area contributed by atoms with Gasteiger partial charge >= 0.3 is 0 Å². The van der Waals surface area contributed by atoms with Crippen molar-refractivity contribution in [3.05, 3.63) is 56.8 Å². The molecule has 5 heteroatoms. The fourth-order valence-corrected chi connectivity index (χ4v) is 3.27. The van der Waals surface area contributed by atoms with Crippen molar-refractivity contribution in [1.82, 2.24) is 5.32 Å². The number of nitrogens with one attached hydrogen (secondary N) is 1. The molecular formula is C16H18N2O2S. The summed E-state index contributed by atoms with van der Waals surface area (Å²) in [5, 5.41) is 2.95. The number of hydrogen-bond donors (Lipinski definition) is 2. The first kappa shape index (κ1) is 15.3. The number of carbonyl (C=O) groups excluding carboxylic acids is 2. The lowest BCUT2D eigenvalue weighted by atomic mass is 10.1. The van der Waals surface area contributed by atoms with Crippen LogP contribution in [0.1, 0.15) is 49.0 Å². The van der Waals surface area contributed by atoms with Crippen LogP contribution in [0, 0.1) is 13.8 Å². The maximum atomic E-state index is 12.3. The van der Waals surface area contributed by atoms with Crippen LogP contribution in [0.4, 0.5) is 0 Å². The van der Waals surface area contributed by atoms with Crippen molar-refractivity contribution in [3.63, 3.8) is 0 Å². The summed E-state index contributed by atoms with van der Waals surface area (Å²) in [5.74, 6) is -0.754. The summed E-state index contributed by atoms with van der Waals surface area (Å²) in [5.41, 5.74) is 7.12. The van der Waals surface area contributed by atoms with Gasteiger partial charge in [0.1, 0.15) is 0 Å². The van der Waals surface area contributed by atoms with Crippen LogP contribution in [0.2, 0.25) is 0 Å². The highest BCUT2D eigenvalue weighted by molar-refractivity contribution is 7.12. The van der Waals surface area contributed by atoms with Crippen LogP contribution in [-0.4, -0.2) is 11.8 Å². The summed E-state index contributed by atoms with van der Waals surface area (Å²) in [6, 6.07) is 8.43. The van der Waals surface area contributed by atoms with E-state index in [1.54, 1.807) is 29.5 Å². The number of amides is 2. The molecule has 0 saturated heterocycles. The molecule has 0 fully saturated rings. The first-order chi connectivity index (χ1) is 9.88. The first-order valence-corrected chi connectivity index (χ1v) is 7.48. The Labute approximate surface area is 128 Å². The standard InChI is InChI=1S/C16H18N2O2S/c1-9-7-14(11(3)21-9)10(2)18-16(20)13-6-4-5-12(8-13)15(17)19/h4-8,10H,1-3H3,(H2,17,19)(H,18,20). The van der Waals surface area contributed by atoms with Gasteiger partial charge < -0.3 is 11.1 Å². The highest BCUT2D eigenvalue weighted by Crippen LogP contribution is 2.26. The van der Waals surface area contributed by atoms with Crippen LogP contribution in [0.3, 0.4) is 0 Å². The molecular weight excluding hydrogens is 284 g/mol. The minimum atomic E-state index is -0.540. The van der Waals surface area contributed by atoms with Crippen molar-refractivity contribution in [1.29, 1.82) is 0 Å². The lowest BCUT2D eigenvalue weighted by Crippen LogP contribution is -2.27. The zero-order valence-corrected chi connectivity index (χ0v) is 13.1. The van der Waals surface area contributed by atoms with Gasteiger partial charge in [-0.25, -0.2) is 0 Å². The minimum absolute atomic E-state index is 0.0836. The largest absolute Gasteiger partial charge is 0.366 e. The number of thiophene rings is 1. The molecule has 0 aliphatic carbocycles. The average Bonchev–Trinajstić information content (AvgIpc) is 2.77. The molecule has 0 saturated carbocycles. The second-order valence-corrected chi connectivity index (χ2v) is 6.47. The molecule has 21 heavy (non-hydrogen) atoms. The van der Waals surface area contributed by atoms with Crippen LogP contribution in [0.15, 0.2) is 30.3 Å². The van der Waals surface area contributed by atoms with Gasteiger partial charge in [0.15, 0.2) is 0 Å². The second-order valence-electron chi connectivity index (χ2n) is 5.01. The highest BCUT2D eigenvalue weighted by atomic mass is 32.1. The normalized spacial score (nSPS) is 12.0. The van der Waals surface area contributed by atoms with Crippen LogP contribution >= 0.6 is 11.3 Å². The zero-order chi connectivity index (χ0) is 15.6. The van der Waals surface area contributed by atoms with E-state index in [0.29, 0.717) is 11.1 Å². The molecule has 0 aliphatic heterocycles. The smallest absolute Gasteiger partial charge is 0.251 e. The van der Waals surface area contributed by atoms with Gasteiger partial charge in [0.05, 0.1) is 6.04 Å². The van der Waals surface area contributed by atoms with Crippen molar-refractivity contribution in [3.8, 4) is 0 Å². The minimum Gasteiger partial charge on any atom is -0.366 e.